The summed E-state index contributed by atoms with van der Waals surface area (Å²) in [4.78, 5) is 15.5. The van der Waals surface area contributed by atoms with Crippen LogP contribution in [0.1, 0.15) is 57.4 Å². The van der Waals surface area contributed by atoms with Crippen LogP contribution in [0.4, 0.5) is 0 Å². The summed E-state index contributed by atoms with van der Waals surface area (Å²) in [7, 11) is 0. The first-order valence-corrected chi connectivity index (χ1v) is 12.7. The third-order valence-electron chi connectivity index (χ3n) is 9.61. The topological polar surface area (TPSA) is 42.1 Å². The average molecular weight is 424 g/mol. The van der Waals surface area contributed by atoms with Gasteiger partial charge in [-0.1, -0.05) is 37.3 Å². The molecule has 168 valence electrons. The molecular formula is C27H37NO3. The molecule has 1 aromatic rings. The molecule has 4 nitrogen and oxygen atoms in total. The van der Waals surface area contributed by atoms with E-state index in [1.165, 1.54) is 44.1 Å². The normalized spacial score (nSPS) is 42.8. The zero-order chi connectivity index (χ0) is 21.1. The van der Waals surface area contributed by atoms with Gasteiger partial charge in [0.25, 0.3) is 0 Å². The first kappa shape index (κ1) is 20.2. The van der Waals surface area contributed by atoms with Crippen LogP contribution in [0.2, 0.25) is 0 Å². The van der Waals surface area contributed by atoms with Crippen molar-refractivity contribution >= 4 is 5.97 Å². The summed E-state index contributed by atoms with van der Waals surface area (Å²) in [6.45, 7) is 6.52. The van der Waals surface area contributed by atoms with Crippen LogP contribution in [0.25, 0.3) is 0 Å². The van der Waals surface area contributed by atoms with E-state index in [4.69, 9.17) is 9.47 Å². The zero-order valence-corrected chi connectivity index (χ0v) is 18.9. The molecule has 1 spiro atoms. The number of likely N-dealkylation sites (tertiary alicyclic amines) is 1. The minimum atomic E-state index is 0.0675. The van der Waals surface area contributed by atoms with Gasteiger partial charge in [-0.15, -0.1) is 0 Å². The van der Waals surface area contributed by atoms with Crippen LogP contribution in [0.5, 0.6) is 0 Å². The van der Waals surface area contributed by atoms with Crippen LogP contribution in [-0.2, 0) is 20.7 Å². The Morgan fingerprint density at radius 3 is 2.65 bits per heavy atom. The fourth-order valence-corrected chi connectivity index (χ4v) is 7.76. The van der Waals surface area contributed by atoms with E-state index in [2.05, 4.69) is 42.2 Å². The van der Waals surface area contributed by atoms with Crippen molar-refractivity contribution in [3.8, 4) is 0 Å². The van der Waals surface area contributed by atoms with Gasteiger partial charge in [0, 0.05) is 12.5 Å². The molecule has 0 bridgehead atoms. The van der Waals surface area contributed by atoms with Gasteiger partial charge in [0.2, 0.25) is 0 Å². The highest BCUT2D eigenvalue weighted by Gasteiger charge is 2.65. The van der Waals surface area contributed by atoms with E-state index < -0.39 is 0 Å². The Morgan fingerprint density at radius 1 is 1.13 bits per heavy atom. The minimum absolute atomic E-state index is 0.0675. The molecule has 5 aliphatic rings. The molecule has 2 saturated carbocycles. The van der Waals surface area contributed by atoms with Crippen LogP contribution >= 0.6 is 0 Å². The Balaban J connectivity index is 1.08. The predicted octanol–water partition coefficient (Wildman–Crippen LogP) is 4.47. The summed E-state index contributed by atoms with van der Waals surface area (Å²) in [5, 5.41) is 0. The van der Waals surface area contributed by atoms with E-state index >= 15 is 0 Å². The SMILES string of the molecule is C[C@]12CCC[C@@]3(CO3)[C@H]1C[C@H]1[C@@H](C2)OC(=O)[C@@H]1CN1CCC(Cc2ccccc2)CC1. The average Bonchev–Trinajstić information content (AvgIpc) is 3.47. The monoisotopic (exact) mass is 423 g/mol. The van der Waals surface area contributed by atoms with E-state index in [1.807, 2.05) is 0 Å². The van der Waals surface area contributed by atoms with Crippen LogP contribution in [0.3, 0.4) is 0 Å². The molecule has 2 aliphatic carbocycles. The molecule has 0 N–H and O–H groups in total. The molecule has 3 heterocycles. The number of fused-ring (bicyclic) bond motifs is 3. The number of nitrogens with zero attached hydrogens (tertiary/aromatic N) is 1. The number of rotatable bonds is 4. The number of esters is 1. The molecule has 6 atom stereocenters. The van der Waals surface area contributed by atoms with Gasteiger partial charge in [0.05, 0.1) is 18.1 Å². The lowest BCUT2D eigenvalue weighted by Gasteiger charge is -2.51. The van der Waals surface area contributed by atoms with E-state index in [-0.39, 0.29) is 23.6 Å². The van der Waals surface area contributed by atoms with Crippen LogP contribution in [0.15, 0.2) is 30.3 Å². The van der Waals surface area contributed by atoms with Gasteiger partial charge < -0.3 is 14.4 Å². The standard InChI is InChI=1S/C27H37NO3/c1-26-10-5-11-27(18-30-27)24(26)15-21-22(25(29)31-23(21)16-26)17-28-12-8-20(9-13-28)14-19-6-3-2-4-7-19/h2-4,6-7,20-24H,5,8-18H2,1H3/t21-,22-,23-,24+,26-,27-/m1/s1. The summed E-state index contributed by atoms with van der Waals surface area (Å²) >= 11 is 0. The lowest BCUT2D eigenvalue weighted by molar-refractivity contribution is -0.147. The summed E-state index contributed by atoms with van der Waals surface area (Å²) < 4.78 is 12.1. The predicted molar refractivity (Wildman–Crippen MR) is 120 cm³/mol. The van der Waals surface area contributed by atoms with Crippen molar-refractivity contribution in [3.63, 3.8) is 0 Å². The van der Waals surface area contributed by atoms with E-state index in [0.717, 1.165) is 45.0 Å². The smallest absolute Gasteiger partial charge is 0.310 e. The molecule has 1 aromatic carbocycles. The van der Waals surface area contributed by atoms with Crippen molar-refractivity contribution in [3.05, 3.63) is 35.9 Å². The van der Waals surface area contributed by atoms with Gasteiger partial charge in [-0.2, -0.15) is 0 Å². The maximum absolute atomic E-state index is 12.9. The van der Waals surface area contributed by atoms with Crippen molar-refractivity contribution in [1.29, 1.82) is 0 Å². The van der Waals surface area contributed by atoms with Crippen LogP contribution < -0.4 is 0 Å². The molecule has 4 heteroatoms. The maximum atomic E-state index is 12.9. The third kappa shape index (κ3) is 3.64. The summed E-state index contributed by atoms with van der Waals surface area (Å²) in [5.74, 6) is 1.93. The summed E-state index contributed by atoms with van der Waals surface area (Å²) in [5.41, 5.74) is 1.89. The second-order valence-electron chi connectivity index (χ2n) is 11.5. The van der Waals surface area contributed by atoms with Crippen molar-refractivity contribution in [1.82, 2.24) is 4.90 Å². The lowest BCUT2D eigenvalue weighted by atomic mass is 9.53. The fraction of sp³-hybridized carbons (Fsp3) is 0.741. The molecule has 0 radical (unpaired) electrons. The molecule has 0 amide bonds. The molecule has 6 rings (SSSR count). The second-order valence-corrected chi connectivity index (χ2v) is 11.5. The Morgan fingerprint density at radius 2 is 1.90 bits per heavy atom. The van der Waals surface area contributed by atoms with Crippen molar-refractivity contribution in [2.24, 2.45) is 29.1 Å². The van der Waals surface area contributed by atoms with Crippen molar-refractivity contribution in [2.75, 3.05) is 26.2 Å². The molecule has 3 aliphatic heterocycles. The molecule has 5 fully saturated rings. The number of epoxide rings is 1. The Labute approximate surface area is 186 Å². The quantitative estimate of drug-likeness (QED) is 0.529. The number of benzene rings is 1. The van der Waals surface area contributed by atoms with Crippen LogP contribution in [-0.4, -0.2) is 48.8 Å². The van der Waals surface area contributed by atoms with Crippen molar-refractivity contribution in [2.45, 2.75) is 70.0 Å². The largest absolute Gasteiger partial charge is 0.462 e. The van der Waals surface area contributed by atoms with E-state index in [0.29, 0.717) is 17.3 Å². The fourth-order valence-electron chi connectivity index (χ4n) is 7.76. The Kier molecular flexibility index (Phi) is 4.95. The van der Waals surface area contributed by atoms with E-state index in [1.54, 1.807) is 0 Å². The highest BCUT2D eigenvalue weighted by molar-refractivity contribution is 5.75. The molecule has 3 saturated heterocycles. The van der Waals surface area contributed by atoms with Crippen LogP contribution in [0, 0.1) is 29.1 Å². The molecule has 31 heavy (non-hydrogen) atoms. The summed E-state index contributed by atoms with van der Waals surface area (Å²) in [6.07, 6.45) is 9.74. The van der Waals surface area contributed by atoms with Gasteiger partial charge in [-0.05, 0) is 87.3 Å². The minimum Gasteiger partial charge on any atom is -0.462 e. The third-order valence-corrected chi connectivity index (χ3v) is 9.61. The Hall–Kier alpha value is -1.39. The Bertz CT molecular complexity index is 813. The van der Waals surface area contributed by atoms with Gasteiger partial charge >= 0.3 is 5.97 Å². The number of carbonyl (C=O) groups excluding carboxylic acids is 1. The number of carbonyl (C=O) groups is 1. The molecular weight excluding hydrogens is 386 g/mol. The number of ether oxygens (including phenoxy) is 2. The van der Waals surface area contributed by atoms with Gasteiger partial charge in [0.15, 0.2) is 0 Å². The van der Waals surface area contributed by atoms with Gasteiger partial charge in [0.1, 0.15) is 6.10 Å². The first-order valence-electron chi connectivity index (χ1n) is 12.7. The maximum Gasteiger partial charge on any atom is 0.310 e. The highest BCUT2D eigenvalue weighted by Crippen LogP contribution is 2.62. The van der Waals surface area contributed by atoms with Gasteiger partial charge in [-0.25, -0.2) is 0 Å². The first-order chi connectivity index (χ1) is 15.0. The second kappa shape index (κ2) is 7.59. The molecule has 0 unspecified atom stereocenters. The summed E-state index contributed by atoms with van der Waals surface area (Å²) in [6, 6.07) is 10.9. The number of piperidine rings is 1. The van der Waals surface area contributed by atoms with E-state index in [9.17, 15) is 4.79 Å². The number of hydrogen-bond donors (Lipinski definition) is 0. The number of hydrogen-bond acceptors (Lipinski definition) is 4. The van der Waals surface area contributed by atoms with Gasteiger partial charge in [-0.3, -0.25) is 4.79 Å². The highest BCUT2D eigenvalue weighted by atomic mass is 16.6. The zero-order valence-electron chi connectivity index (χ0n) is 18.9. The molecule has 0 aromatic heterocycles. The van der Waals surface area contributed by atoms with Crippen molar-refractivity contribution < 1.29 is 14.3 Å². The lowest BCUT2D eigenvalue weighted by Crippen LogP contribution is -2.51.